The summed E-state index contributed by atoms with van der Waals surface area (Å²) in [5.74, 6) is 2.02. The summed E-state index contributed by atoms with van der Waals surface area (Å²) in [6.45, 7) is 8.17. The van der Waals surface area contributed by atoms with Crippen molar-refractivity contribution in [3.8, 4) is 0 Å². The molecule has 0 aliphatic rings. The zero-order chi connectivity index (χ0) is 10.0. The lowest BCUT2D eigenvalue weighted by atomic mass is 10.1. The Balaban J connectivity index is 3.04. The minimum absolute atomic E-state index is 0.113. The fourth-order valence-electron chi connectivity index (χ4n) is 1.28. The molecule has 0 saturated carbocycles. The minimum Gasteiger partial charge on any atom is -0.443 e. The lowest BCUT2D eigenvalue weighted by molar-refractivity contribution is 0.416. The van der Waals surface area contributed by atoms with Gasteiger partial charge in [0, 0.05) is 5.92 Å². The van der Waals surface area contributed by atoms with Crippen molar-refractivity contribution in [1.82, 2.24) is 4.98 Å². The van der Waals surface area contributed by atoms with Gasteiger partial charge in [-0.25, -0.2) is 4.98 Å². The van der Waals surface area contributed by atoms with Gasteiger partial charge in [-0.3, -0.25) is 0 Å². The van der Waals surface area contributed by atoms with E-state index in [4.69, 9.17) is 10.2 Å². The molecule has 0 aliphatic carbocycles. The van der Waals surface area contributed by atoms with Gasteiger partial charge in [0.25, 0.3) is 0 Å². The molecule has 1 aromatic heterocycles. The summed E-state index contributed by atoms with van der Waals surface area (Å²) in [4.78, 5) is 4.36. The summed E-state index contributed by atoms with van der Waals surface area (Å²) in [6, 6.07) is -0.113. The molecule has 0 spiro atoms. The van der Waals surface area contributed by atoms with Crippen molar-refractivity contribution in [3.63, 3.8) is 0 Å². The van der Waals surface area contributed by atoms with Crippen LogP contribution in [-0.2, 0) is 6.42 Å². The molecule has 1 aromatic rings. The van der Waals surface area contributed by atoms with Gasteiger partial charge in [-0.1, -0.05) is 20.8 Å². The highest BCUT2D eigenvalue weighted by molar-refractivity contribution is 5.14. The Labute approximate surface area is 79.3 Å². The van der Waals surface area contributed by atoms with Crippen molar-refractivity contribution in [2.24, 2.45) is 5.73 Å². The lowest BCUT2D eigenvalue weighted by Crippen LogP contribution is -2.05. The zero-order valence-corrected chi connectivity index (χ0v) is 8.79. The minimum atomic E-state index is -0.113. The summed E-state index contributed by atoms with van der Waals surface area (Å²) >= 11 is 0. The second-order valence-corrected chi connectivity index (χ2v) is 3.66. The van der Waals surface area contributed by atoms with Gasteiger partial charge >= 0.3 is 0 Å². The average Bonchev–Trinajstić information content (AvgIpc) is 2.47. The van der Waals surface area contributed by atoms with Gasteiger partial charge in [-0.05, 0) is 13.3 Å². The molecule has 13 heavy (non-hydrogen) atoms. The van der Waals surface area contributed by atoms with E-state index in [9.17, 15) is 0 Å². The summed E-state index contributed by atoms with van der Waals surface area (Å²) in [5.41, 5.74) is 6.74. The summed E-state index contributed by atoms with van der Waals surface area (Å²) in [6.07, 6.45) is 0.906. The summed E-state index contributed by atoms with van der Waals surface area (Å²) in [7, 11) is 0. The number of oxazole rings is 1. The number of aromatic nitrogens is 1. The lowest BCUT2D eigenvalue weighted by Gasteiger charge is -2.01. The van der Waals surface area contributed by atoms with E-state index in [1.54, 1.807) is 0 Å². The van der Waals surface area contributed by atoms with Crippen LogP contribution in [0.25, 0.3) is 0 Å². The predicted octanol–water partition coefficient (Wildman–Crippen LogP) is 2.38. The van der Waals surface area contributed by atoms with Gasteiger partial charge in [-0.15, -0.1) is 0 Å². The molecular formula is C10H18N2O. The molecule has 1 atom stereocenters. The first-order valence-corrected chi connectivity index (χ1v) is 4.81. The van der Waals surface area contributed by atoms with Crippen molar-refractivity contribution < 1.29 is 4.42 Å². The second kappa shape index (κ2) is 3.92. The van der Waals surface area contributed by atoms with Gasteiger partial charge < -0.3 is 10.2 Å². The van der Waals surface area contributed by atoms with Gasteiger partial charge in [0.2, 0.25) is 5.89 Å². The van der Waals surface area contributed by atoms with Crippen molar-refractivity contribution in [3.05, 3.63) is 17.3 Å². The number of rotatable bonds is 3. The smallest absolute Gasteiger partial charge is 0.211 e. The van der Waals surface area contributed by atoms with Crippen LogP contribution in [0.4, 0.5) is 0 Å². The van der Waals surface area contributed by atoms with Gasteiger partial charge in [0.1, 0.15) is 5.76 Å². The molecule has 0 aliphatic heterocycles. The van der Waals surface area contributed by atoms with Crippen LogP contribution in [0.3, 0.4) is 0 Å². The molecular weight excluding hydrogens is 164 g/mol. The van der Waals surface area contributed by atoms with Crippen molar-refractivity contribution >= 4 is 0 Å². The molecule has 0 bridgehead atoms. The van der Waals surface area contributed by atoms with Crippen LogP contribution in [0, 0.1) is 0 Å². The molecule has 1 rings (SSSR count). The van der Waals surface area contributed by atoms with Crippen LogP contribution >= 0.6 is 0 Å². The maximum Gasteiger partial charge on any atom is 0.211 e. The molecule has 3 nitrogen and oxygen atoms in total. The topological polar surface area (TPSA) is 52.0 Å². The molecule has 3 heteroatoms. The maximum atomic E-state index is 5.69. The molecule has 0 amide bonds. The van der Waals surface area contributed by atoms with E-state index in [2.05, 4.69) is 25.8 Å². The third-order valence-corrected chi connectivity index (χ3v) is 1.99. The standard InChI is InChI=1S/C10H18N2O/c1-5-8-9(6(2)3)13-10(12-8)7(4)11/h6-7H,5,11H2,1-4H3. The van der Waals surface area contributed by atoms with E-state index in [0.29, 0.717) is 11.8 Å². The van der Waals surface area contributed by atoms with Crippen molar-refractivity contribution in [2.45, 2.75) is 46.1 Å². The van der Waals surface area contributed by atoms with E-state index >= 15 is 0 Å². The third kappa shape index (κ3) is 2.10. The maximum absolute atomic E-state index is 5.69. The number of nitrogens with two attached hydrogens (primary N) is 1. The average molecular weight is 182 g/mol. The monoisotopic (exact) mass is 182 g/mol. The third-order valence-electron chi connectivity index (χ3n) is 1.99. The van der Waals surface area contributed by atoms with Gasteiger partial charge in [-0.2, -0.15) is 0 Å². The van der Waals surface area contributed by atoms with Crippen LogP contribution in [0.1, 0.15) is 57.0 Å². The highest BCUT2D eigenvalue weighted by Crippen LogP contribution is 2.23. The first kappa shape index (κ1) is 10.3. The quantitative estimate of drug-likeness (QED) is 0.780. The Morgan fingerprint density at radius 1 is 1.38 bits per heavy atom. The molecule has 0 saturated heterocycles. The number of aryl methyl sites for hydroxylation is 1. The number of hydrogen-bond acceptors (Lipinski definition) is 3. The predicted molar refractivity (Wildman–Crippen MR) is 52.6 cm³/mol. The fraction of sp³-hybridized carbons (Fsp3) is 0.700. The van der Waals surface area contributed by atoms with Crippen LogP contribution < -0.4 is 5.73 Å². The van der Waals surface area contributed by atoms with Gasteiger partial charge in [0.05, 0.1) is 11.7 Å². The Morgan fingerprint density at radius 2 is 2.00 bits per heavy atom. The summed E-state index contributed by atoms with van der Waals surface area (Å²) < 4.78 is 5.59. The highest BCUT2D eigenvalue weighted by Gasteiger charge is 2.16. The second-order valence-electron chi connectivity index (χ2n) is 3.66. The van der Waals surface area contributed by atoms with Crippen molar-refractivity contribution in [2.75, 3.05) is 0 Å². The van der Waals surface area contributed by atoms with E-state index in [0.717, 1.165) is 17.9 Å². The Morgan fingerprint density at radius 3 is 2.31 bits per heavy atom. The number of hydrogen-bond donors (Lipinski definition) is 1. The highest BCUT2D eigenvalue weighted by atomic mass is 16.4. The Kier molecular flexibility index (Phi) is 3.09. The molecule has 0 fully saturated rings. The number of nitrogens with zero attached hydrogens (tertiary/aromatic N) is 1. The Hall–Kier alpha value is -0.830. The molecule has 74 valence electrons. The van der Waals surface area contributed by atoms with Crippen LogP contribution in [0.2, 0.25) is 0 Å². The van der Waals surface area contributed by atoms with E-state index in [1.807, 2.05) is 6.92 Å². The largest absolute Gasteiger partial charge is 0.443 e. The SMILES string of the molecule is CCc1nc(C(C)N)oc1C(C)C. The normalized spacial score (nSPS) is 13.7. The van der Waals surface area contributed by atoms with Crippen LogP contribution in [0.5, 0.6) is 0 Å². The molecule has 2 N–H and O–H groups in total. The van der Waals surface area contributed by atoms with E-state index in [-0.39, 0.29) is 6.04 Å². The fourth-order valence-corrected chi connectivity index (χ4v) is 1.28. The van der Waals surface area contributed by atoms with Crippen molar-refractivity contribution in [1.29, 1.82) is 0 Å². The first-order chi connectivity index (χ1) is 6.06. The van der Waals surface area contributed by atoms with Crippen LogP contribution in [-0.4, -0.2) is 4.98 Å². The molecule has 0 aromatic carbocycles. The zero-order valence-electron chi connectivity index (χ0n) is 8.79. The van der Waals surface area contributed by atoms with Gasteiger partial charge in [0.15, 0.2) is 0 Å². The summed E-state index contributed by atoms with van der Waals surface area (Å²) in [5, 5.41) is 0. The molecule has 0 radical (unpaired) electrons. The molecule has 1 heterocycles. The van der Waals surface area contributed by atoms with E-state index in [1.165, 1.54) is 0 Å². The van der Waals surface area contributed by atoms with E-state index < -0.39 is 0 Å². The molecule has 1 unspecified atom stereocenters. The Bertz CT molecular complexity index is 276. The van der Waals surface area contributed by atoms with Crippen LogP contribution in [0.15, 0.2) is 4.42 Å². The first-order valence-electron chi connectivity index (χ1n) is 4.81.